The summed E-state index contributed by atoms with van der Waals surface area (Å²) in [5, 5.41) is 10.6. The average Bonchev–Trinajstić information content (AvgIpc) is 3.53. The Balaban J connectivity index is 1.39. The van der Waals surface area contributed by atoms with Crippen LogP contribution in [0.3, 0.4) is 0 Å². The molecule has 2 saturated carbocycles. The van der Waals surface area contributed by atoms with Gasteiger partial charge < -0.3 is 20.7 Å². The van der Waals surface area contributed by atoms with Crippen molar-refractivity contribution in [3.05, 3.63) is 41.3 Å². The van der Waals surface area contributed by atoms with Gasteiger partial charge in [-0.1, -0.05) is 17.7 Å². The highest BCUT2D eigenvalue weighted by Gasteiger charge is 2.42. The number of hydrogen-bond donors (Lipinski definition) is 3. The largest absolute Gasteiger partial charge is 0.383 e. The molecule has 0 radical (unpaired) electrons. The number of anilines is 2. The Morgan fingerprint density at radius 2 is 1.91 bits per heavy atom. The van der Waals surface area contributed by atoms with Crippen LogP contribution in [-0.2, 0) is 4.74 Å². The van der Waals surface area contributed by atoms with E-state index in [1.54, 1.807) is 25.4 Å². The maximum atomic E-state index is 14.3. The van der Waals surface area contributed by atoms with Gasteiger partial charge in [-0.2, -0.15) is 0 Å². The first-order valence-corrected chi connectivity index (χ1v) is 12.1. The molecule has 2 aliphatic rings. The molecular weight excluding hydrogens is 446 g/mol. The van der Waals surface area contributed by atoms with E-state index in [4.69, 9.17) is 16.3 Å². The van der Waals surface area contributed by atoms with Gasteiger partial charge in [-0.05, 0) is 69.2 Å². The predicted molar refractivity (Wildman–Crippen MR) is 130 cm³/mol. The number of benzene rings is 1. The number of ether oxygens (including phenoxy) is 1. The van der Waals surface area contributed by atoms with Gasteiger partial charge in [-0.3, -0.25) is 0 Å². The van der Waals surface area contributed by atoms with E-state index >= 15 is 0 Å². The summed E-state index contributed by atoms with van der Waals surface area (Å²) in [6, 6.07) is 7.86. The third-order valence-electron chi connectivity index (χ3n) is 6.54. The molecule has 2 aliphatic carbocycles. The van der Waals surface area contributed by atoms with Gasteiger partial charge in [0.15, 0.2) is 0 Å². The van der Waals surface area contributed by atoms with Crippen LogP contribution < -0.4 is 16.0 Å². The number of hydrogen-bond acceptors (Lipinski definition) is 5. The standard InChI is InChI=1S/C25H33ClF2N4O/c1-16(14-33-2)31-18-4-6-19(7-5-18)32-24-12-20(21(26)13-29-24)17-3-8-22(27)23(11-17)30-15-25(28)9-10-25/h3,8,11-13,16,18-19,30-31H,4-7,9-10,14-15H2,1-2H3,(H,29,32)/t16-,18-,19-/m1/s1. The lowest BCUT2D eigenvalue weighted by molar-refractivity contribution is 0.161. The van der Waals surface area contributed by atoms with Gasteiger partial charge in [-0.25, -0.2) is 13.8 Å². The second-order valence-corrected chi connectivity index (χ2v) is 9.87. The number of nitrogens with zero attached hydrogens (tertiary/aromatic N) is 1. The second kappa shape index (κ2) is 10.5. The summed E-state index contributed by atoms with van der Waals surface area (Å²) in [5.74, 6) is 0.342. The lowest BCUT2D eigenvalue weighted by Gasteiger charge is -2.32. The SMILES string of the molecule is COC[C@@H](C)N[C@H]1CC[C@H](Nc2cc(-c3ccc(F)c(NCC4(F)CC4)c3)c(Cl)cn2)CC1. The number of nitrogens with one attached hydrogen (secondary N) is 3. The number of pyridine rings is 1. The normalized spacial score (nSPS) is 22.6. The summed E-state index contributed by atoms with van der Waals surface area (Å²) in [6.07, 6.45) is 6.95. The van der Waals surface area contributed by atoms with Crippen molar-refractivity contribution in [1.82, 2.24) is 10.3 Å². The molecule has 1 aromatic carbocycles. The van der Waals surface area contributed by atoms with Crippen molar-refractivity contribution in [2.24, 2.45) is 0 Å². The van der Waals surface area contributed by atoms with Crippen LogP contribution in [0.1, 0.15) is 45.4 Å². The van der Waals surface area contributed by atoms with Crippen molar-refractivity contribution < 1.29 is 13.5 Å². The Labute approximate surface area is 199 Å². The van der Waals surface area contributed by atoms with Crippen LogP contribution in [0.5, 0.6) is 0 Å². The Morgan fingerprint density at radius 3 is 2.61 bits per heavy atom. The van der Waals surface area contributed by atoms with Crippen molar-refractivity contribution >= 4 is 23.1 Å². The first-order chi connectivity index (χ1) is 15.8. The highest BCUT2D eigenvalue weighted by molar-refractivity contribution is 6.33. The number of aromatic nitrogens is 1. The highest BCUT2D eigenvalue weighted by atomic mass is 35.5. The first-order valence-electron chi connectivity index (χ1n) is 11.7. The van der Waals surface area contributed by atoms with E-state index in [0.717, 1.165) is 42.6 Å². The van der Waals surface area contributed by atoms with Gasteiger partial charge in [0.05, 0.1) is 17.3 Å². The third kappa shape index (κ3) is 6.55. The quantitative estimate of drug-likeness (QED) is 0.402. The van der Waals surface area contributed by atoms with Crippen LogP contribution in [-0.4, -0.2) is 49.0 Å². The summed E-state index contributed by atoms with van der Waals surface area (Å²) < 4.78 is 33.5. The molecule has 2 aromatic rings. The zero-order valence-corrected chi connectivity index (χ0v) is 20.0. The van der Waals surface area contributed by atoms with Crippen LogP contribution in [0.2, 0.25) is 5.02 Å². The smallest absolute Gasteiger partial charge is 0.146 e. The molecular formula is C25H33ClF2N4O. The van der Waals surface area contributed by atoms with Crippen molar-refractivity contribution in [1.29, 1.82) is 0 Å². The summed E-state index contributed by atoms with van der Waals surface area (Å²) >= 11 is 6.44. The monoisotopic (exact) mass is 478 g/mol. The fourth-order valence-corrected chi connectivity index (χ4v) is 4.66. The minimum atomic E-state index is -1.20. The van der Waals surface area contributed by atoms with Crippen molar-refractivity contribution in [2.45, 2.75) is 69.2 Å². The van der Waals surface area contributed by atoms with E-state index in [1.807, 2.05) is 6.07 Å². The number of methoxy groups -OCH3 is 1. The number of alkyl halides is 1. The lowest BCUT2D eigenvalue weighted by Crippen LogP contribution is -2.42. The molecule has 1 aromatic heterocycles. The molecule has 4 rings (SSSR count). The minimum Gasteiger partial charge on any atom is -0.383 e. The van der Waals surface area contributed by atoms with E-state index in [0.29, 0.717) is 42.6 Å². The van der Waals surface area contributed by atoms with E-state index in [2.05, 4.69) is 27.9 Å². The average molecular weight is 479 g/mol. The molecule has 0 aliphatic heterocycles. The van der Waals surface area contributed by atoms with Crippen LogP contribution in [0.4, 0.5) is 20.3 Å². The Morgan fingerprint density at radius 1 is 1.18 bits per heavy atom. The van der Waals surface area contributed by atoms with Gasteiger partial charge in [0.25, 0.3) is 0 Å². The van der Waals surface area contributed by atoms with Crippen LogP contribution >= 0.6 is 11.6 Å². The summed E-state index contributed by atoms with van der Waals surface area (Å²) in [7, 11) is 1.73. The summed E-state index contributed by atoms with van der Waals surface area (Å²) in [6.45, 7) is 2.97. The first kappa shape index (κ1) is 24.2. The van der Waals surface area contributed by atoms with E-state index < -0.39 is 11.5 Å². The molecule has 8 heteroatoms. The Bertz CT molecular complexity index is 948. The highest BCUT2D eigenvalue weighted by Crippen LogP contribution is 2.40. The van der Waals surface area contributed by atoms with Crippen molar-refractivity contribution in [2.75, 3.05) is 30.9 Å². The molecule has 0 spiro atoms. The van der Waals surface area contributed by atoms with Gasteiger partial charge in [-0.15, -0.1) is 0 Å². The van der Waals surface area contributed by atoms with Crippen LogP contribution in [0.25, 0.3) is 11.1 Å². The molecule has 33 heavy (non-hydrogen) atoms. The van der Waals surface area contributed by atoms with Gasteiger partial charge in [0.2, 0.25) is 0 Å². The zero-order valence-electron chi connectivity index (χ0n) is 19.3. The molecule has 1 heterocycles. The fraction of sp³-hybridized carbons (Fsp3) is 0.560. The fourth-order valence-electron chi connectivity index (χ4n) is 4.45. The molecule has 2 fully saturated rings. The maximum Gasteiger partial charge on any atom is 0.146 e. The van der Waals surface area contributed by atoms with Crippen molar-refractivity contribution in [3.8, 4) is 11.1 Å². The van der Waals surface area contributed by atoms with E-state index in [1.165, 1.54) is 6.07 Å². The Hall–Kier alpha value is -1.96. The zero-order chi connectivity index (χ0) is 23.4. The van der Waals surface area contributed by atoms with Crippen LogP contribution in [0.15, 0.2) is 30.5 Å². The third-order valence-corrected chi connectivity index (χ3v) is 6.84. The minimum absolute atomic E-state index is 0.117. The molecule has 0 unspecified atom stereocenters. The van der Waals surface area contributed by atoms with Crippen LogP contribution in [0, 0.1) is 5.82 Å². The van der Waals surface area contributed by atoms with Gasteiger partial charge in [0.1, 0.15) is 17.3 Å². The van der Waals surface area contributed by atoms with Crippen molar-refractivity contribution in [3.63, 3.8) is 0 Å². The molecule has 0 saturated heterocycles. The molecule has 1 atom stereocenters. The maximum absolute atomic E-state index is 14.3. The molecule has 0 amide bonds. The van der Waals surface area contributed by atoms with E-state index in [9.17, 15) is 8.78 Å². The second-order valence-electron chi connectivity index (χ2n) is 9.46. The number of rotatable bonds is 10. The Kier molecular flexibility index (Phi) is 7.72. The summed E-state index contributed by atoms with van der Waals surface area (Å²) in [5.41, 5.74) is 0.609. The predicted octanol–water partition coefficient (Wildman–Crippen LogP) is 5.80. The van der Waals surface area contributed by atoms with Gasteiger partial charge in [0, 0.05) is 43.5 Å². The molecule has 180 valence electrons. The van der Waals surface area contributed by atoms with E-state index in [-0.39, 0.29) is 12.2 Å². The molecule has 5 nitrogen and oxygen atoms in total. The molecule has 0 bridgehead atoms. The lowest BCUT2D eigenvalue weighted by atomic mass is 9.90. The topological polar surface area (TPSA) is 58.2 Å². The number of halogens is 3. The van der Waals surface area contributed by atoms with Gasteiger partial charge >= 0.3 is 0 Å². The summed E-state index contributed by atoms with van der Waals surface area (Å²) in [4.78, 5) is 4.45. The molecule has 3 N–H and O–H groups in total.